The van der Waals surface area contributed by atoms with Crippen LogP contribution in [-0.4, -0.2) is 39.9 Å². The van der Waals surface area contributed by atoms with Gasteiger partial charge in [-0.15, -0.1) is 0 Å². The van der Waals surface area contributed by atoms with Crippen LogP contribution in [0.5, 0.6) is 0 Å². The van der Waals surface area contributed by atoms with Crippen molar-refractivity contribution in [3.05, 3.63) is 70.1 Å². The van der Waals surface area contributed by atoms with E-state index >= 15 is 0 Å². The minimum absolute atomic E-state index is 0.00909. The summed E-state index contributed by atoms with van der Waals surface area (Å²) in [7, 11) is 1.64. The molecular formula is C23H27N3O3. The Morgan fingerprint density at radius 3 is 2.62 bits per heavy atom. The van der Waals surface area contributed by atoms with E-state index in [0.717, 1.165) is 18.4 Å². The van der Waals surface area contributed by atoms with Gasteiger partial charge in [0, 0.05) is 31.9 Å². The van der Waals surface area contributed by atoms with Crippen LogP contribution in [0.15, 0.2) is 53.5 Å². The van der Waals surface area contributed by atoms with E-state index in [-0.39, 0.29) is 35.0 Å². The quantitative estimate of drug-likeness (QED) is 0.846. The molecule has 2 fully saturated rings. The molecule has 4 rings (SSSR count). The van der Waals surface area contributed by atoms with Crippen LogP contribution in [0.1, 0.15) is 42.1 Å². The van der Waals surface area contributed by atoms with Crippen molar-refractivity contribution >= 4 is 11.8 Å². The summed E-state index contributed by atoms with van der Waals surface area (Å²) in [6.07, 6.45) is 4.54. The number of carbonyl (C=O) groups is 2. The molecule has 0 unspecified atom stereocenters. The van der Waals surface area contributed by atoms with Crippen molar-refractivity contribution in [2.24, 2.45) is 12.5 Å². The summed E-state index contributed by atoms with van der Waals surface area (Å²) in [5.41, 5.74) is 0.318. The van der Waals surface area contributed by atoms with Gasteiger partial charge >= 0.3 is 0 Å². The Hall–Kier alpha value is -2.89. The Balaban J connectivity index is 1.72. The monoisotopic (exact) mass is 393 g/mol. The molecule has 0 saturated carbocycles. The fraction of sp³-hybridized carbons (Fsp3) is 0.435. The lowest BCUT2D eigenvalue weighted by Crippen LogP contribution is -2.51. The molecule has 1 N–H and O–H groups in total. The summed E-state index contributed by atoms with van der Waals surface area (Å²) in [4.78, 5) is 41.0. The standard InChI is InChI=1S/C23H27N3O3/c1-3-24-22(29)23(14-16-8-5-4-6-9-16)15-17-11-12-19(23)26(17)21(28)18-10-7-13-25(2)20(18)27/h4-10,13,17,19H,3,11-12,14-15H2,1-2H3,(H,24,29)/t17-,19+,23+/m0/s1. The van der Waals surface area contributed by atoms with Gasteiger partial charge in [0.05, 0.1) is 5.41 Å². The second-order valence-corrected chi connectivity index (χ2v) is 8.18. The molecule has 2 saturated heterocycles. The number of hydrogen-bond acceptors (Lipinski definition) is 3. The number of amides is 2. The van der Waals surface area contributed by atoms with Crippen molar-refractivity contribution < 1.29 is 9.59 Å². The van der Waals surface area contributed by atoms with Gasteiger partial charge in [0.2, 0.25) is 5.91 Å². The third kappa shape index (κ3) is 3.16. The molecule has 2 aliphatic heterocycles. The number of fused-ring (bicyclic) bond motifs is 2. The van der Waals surface area contributed by atoms with E-state index in [0.29, 0.717) is 19.4 Å². The maximum absolute atomic E-state index is 13.4. The van der Waals surface area contributed by atoms with Crippen LogP contribution < -0.4 is 10.9 Å². The van der Waals surface area contributed by atoms with E-state index in [4.69, 9.17) is 0 Å². The molecule has 29 heavy (non-hydrogen) atoms. The van der Waals surface area contributed by atoms with Gasteiger partial charge in [0.25, 0.3) is 11.5 Å². The molecule has 2 aliphatic rings. The minimum atomic E-state index is -0.657. The summed E-state index contributed by atoms with van der Waals surface area (Å²) in [5.74, 6) is -0.243. The molecular weight excluding hydrogens is 366 g/mol. The number of aromatic nitrogens is 1. The van der Waals surface area contributed by atoms with Crippen LogP contribution in [-0.2, 0) is 18.3 Å². The van der Waals surface area contributed by atoms with E-state index in [1.807, 2.05) is 42.2 Å². The topological polar surface area (TPSA) is 71.4 Å². The number of nitrogens with one attached hydrogen (secondary N) is 1. The predicted molar refractivity (Wildman–Crippen MR) is 111 cm³/mol. The van der Waals surface area contributed by atoms with Gasteiger partial charge in [-0.2, -0.15) is 0 Å². The zero-order chi connectivity index (χ0) is 20.6. The first kappa shape index (κ1) is 19.4. The SMILES string of the molecule is CCNC(=O)[C@]1(Cc2ccccc2)C[C@@H]2CC[C@H]1N2C(=O)c1cccn(C)c1=O. The first-order chi connectivity index (χ1) is 14.0. The largest absolute Gasteiger partial charge is 0.356 e. The van der Waals surface area contributed by atoms with E-state index in [9.17, 15) is 14.4 Å². The number of aryl methyl sites for hydroxylation is 1. The number of hydrogen-bond donors (Lipinski definition) is 1. The summed E-state index contributed by atoms with van der Waals surface area (Å²) in [5, 5.41) is 3.01. The summed E-state index contributed by atoms with van der Waals surface area (Å²) >= 11 is 0. The summed E-state index contributed by atoms with van der Waals surface area (Å²) in [6, 6.07) is 13.1. The van der Waals surface area contributed by atoms with Crippen LogP contribution in [0.3, 0.4) is 0 Å². The number of benzene rings is 1. The maximum atomic E-state index is 13.4. The molecule has 6 nitrogen and oxygen atoms in total. The van der Waals surface area contributed by atoms with Crippen molar-refractivity contribution in [1.29, 1.82) is 0 Å². The molecule has 1 aromatic carbocycles. The molecule has 1 aromatic heterocycles. The molecule has 0 spiro atoms. The predicted octanol–water partition coefficient (Wildman–Crippen LogP) is 2.13. The minimum Gasteiger partial charge on any atom is -0.356 e. The second-order valence-electron chi connectivity index (χ2n) is 8.18. The van der Waals surface area contributed by atoms with Crippen molar-refractivity contribution in [3.8, 4) is 0 Å². The van der Waals surface area contributed by atoms with Crippen molar-refractivity contribution in [2.45, 2.75) is 44.7 Å². The number of rotatable bonds is 5. The van der Waals surface area contributed by atoms with Crippen LogP contribution in [0.2, 0.25) is 0 Å². The van der Waals surface area contributed by atoms with E-state index in [1.54, 1.807) is 25.4 Å². The Labute approximate surface area is 170 Å². The normalized spacial score (nSPS) is 25.2. The van der Waals surface area contributed by atoms with Gasteiger partial charge < -0.3 is 14.8 Å². The molecule has 2 aromatic rings. The molecule has 152 valence electrons. The fourth-order valence-electron chi connectivity index (χ4n) is 5.20. The highest BCUT2D eigenvalue weighted by atomic mass is 16.2. The molecule has 0 aliphatic carbocycles. The van der Waals surface area contributed by atoms with Crippen molar-refractivity contribution in [2.75, 3.05) is 6.54 Å². The maximum Gasteiger partial charge on any atom is 0.263 e. The van der Waals surface area contributed by atoms with Crippen LogP contribution in [0.4, 0.5) is 0 Å². The lowest BCUT2D eigenvalue weighted by atomic mass is 9.69. The molecule has 3 atom stereocenters. The van der Waals surface area contributed by atoms with Crippen LogP contribution in [0, 0.1) is 5.41 Å². The Morgan fingerprint density at radius 2 is 1.90 bits per heavy atom. The van der Waals surface area contributed by atoms with Gasteiger partial charge in [-0.1, -0.05) is 30.3 Å². The van der Waals surface area contributed by atoms with E-state index in [2.05, 4.69) is 5.32 Å². The number of pyridine rings is 1. The first-order valence-corrected chi connectivity index (χ1v) is 10.3. The Kier molecular flexibility index (Phi) is 5.03. The average molecular weight is 393 g/mol. The molecule has 3 heterocycles. The molecule has 2 bridgehead atoms. The molecule has 6 heteroatoms. The van der Waals surface area contributed by atoms with Crippen LogP contribution >= 0.6 is 0 Å². The lowest BCUT2D eigenvalue weighted by Gasteiger charge is -2.36. The number of carbonyl (C=O) groups excluding carboxylic acids is 2. The summed E-state index contributed by atoms with van der Waals surface area (Å²) in [6.45, 7) is 2.47. The average Bonchev–Trinajstić information content (AvgIpc) is 3.27. The van der Waals surface area contributed by atoms with Crippen LogP contribution in [0.25, 0.3) is 0 Å². The third-order valence-corrected chi connectivity index (χ3v) is 6.48. The van der Waals surface area contributed by atoms with Crippen molar-refractivity contribution in [3.63, 3.8) is 0 Å². The van der Waals surface area contributed by atoms with Gasteiger partial charge in [0.15, 0.2) is 0 Å². The molecule has 0 radical (unpaired) electrons. The lowest BCUT2D eigenvalue weighted by molar-refractivity contribution is -0.132. The van der Waals surface area contributed by atoms with Crippen molar-refractivity contribution in [1.82, 2.24) is 14.8 Å². The smallest absolute Gasteiger partial charge is 0.263 e. The fourth-order valence-corrected chi connectivity index (χ4v) is 5.20. The Bertz CT molecular complexity index is 984. The van der Waals surface area contributed by atoms with E-state index in [1.165, 1.54) is 4.57 Å². The van der Waals surface area contributed by atoms with Gasteiger partial charge in [-0.25, -0.2) is 0 Å². The number of nitrogens with zero attached hydrogens (tertiary/aromatic N) is 2. The highest BCUT2D eigenvalue weighted by Gasteiger charge is 2.61. The van der Waals surface area contributed by atoms with Gasteiger partial charge in [-0.05, 0) is 50.3 Å². The highest BCUT2D eigenvalue weighted by molar-refractivity contribution is 5.96. The second kappa shape index (κ2) is 7.50. The van der Waals surface area contributed by atoms with Gasteiger partial charge in [-0.3, -0.25) is 14.4 Å². The first-order valence-electron chi connectivity index (χ1n) is 10.3. The third-order valence-electron chi connectivity index (χ3n) is 6.48. The molecule has 2 amide bonds. The van der Waals surface area contributed by atoms with Gasteiger partial charge in [0.1, 0.15) is 5.56 Å². The van der Waals surface area contributed by atoms with E-state index < -0.39 is 5.41 Å². The highest BCUT2D eigenvalue weighted by Crippen LogP contribution is 2.52. The zero-order valence-corrected chi connectivity index (χ0v) is 16.9. The Morgan fingerprint density at radius 1 is 1.14 bits per heavy atom. The summed E-state index contributed by atoms with van der Waals surface area (Å²) < 4.78 is 1.42. The zero-order valence-electron chi connectivity index (χ0n) is 16.9.